The van der Waals surface area contributed by atoms with Gasteiger partial charge in [-0.05, 0) is 232 Å². The summed E-state index contributed by atoms with van der Waals surface area (Å²) in [5.41, 5.74) is 25.5. The third kappa shape index (κ3) is 9.56. The molecule has 74 heavy (non-hydrogen) atoms. The molecule has 0 saturated carbocycles. The number of aryl methyl sites for hydroxylation is 4. The van der Waals surface area contributed by atoms with Gasteiger partial charge < -0.3 is 9.80 Å². The zero-order valence-electron chi connectivity index (χ0n) is 45.2. The van der Waals surface area contributed by atoms with Crippen LogP contribution in [0.25, 0.3) is 52.9 Å². The van der Waals surface area contributed by atoms with Crippen LogP contribution in [0, 0.1) is 55.4 Å². The van der Waals surface area contributed by atoms with Crippen molar-refractivity contribution in [1.29, 1.82) is 0 Å². The Morgan fingerprint density at radius 2 is 0.392 bits per heavy atom. The number of rotatable bonds is 15. The van der Waals surface area contributed by atoms with E-state index >= 15 is 0 Å². The lowest BCUT2D eigenvalue weighted by Crippen LogP contribution is -2.10. The Bertz CT molecular complexity index is 3140. The number of anilines is 6. The molecule has 0 amide bonds. The van der Waals surface area contributed by atoms with Gasteiger partial charge in [-0.25, -0.2) is 0 Å². The highest BCUT2D eigenvalue weighted by molar-refractivity contribution is 7.17. The van der Waals surface area contributed by atoms with Crippen molar-refractivity contribution >= 4 is 79.5 Å². The number of hydrogen-bond donors (Lipinski definition) is 0. The van der Waals surface area contributed by atoms with Gasteiger partial charge in [-0.3, -0.25) is 0 Å². The smallest absolute Gasteiger partial charge is 0.0462 e. The fraction of sp³-hybridized carbons (Fsp3) is 0.235. The normalized spacial score (nSPS) is 11.5. The molecule has 0 unspecified atom stereocenters. The minimum Gasteiger partial charge on any atom is -0.311 e. The molecule has 10 rings (SSSR count). The van der Waals surface area contributed by atoms with Crippen molar-refractivity contribution in [2.24, 2.45) is 0 Å². The summed E-state index contributed by atoms with van der Waals surface area (Å²) in [6.07, 6.45) is 4.27. The Balaban J connectivity index is 0.981. The monoisotopic (exact) mass is 1040 g/mol. The summed E-state index contributed by atoms with van der Waals surface area (Å²) in [5, 5.41) is 0. The van der Waals surface area contributed by atoms with Crippen molar-refractivity contribution in [3.8, 4) is 52.9 Å². The van der Waals surface area contributed by atoms with E-state index < -0.39 is 0 Å². The first kappa shape index (κ1) is 51.2. The quantitative estimate of drug-likeness (QED) is 0.101. The molecule has 0 spiro atoms. The van der Waals surface area contributed by atoms with Gasteiger partial charge in [-0.1, -0.05) is 100 Å². The van der Waals surface area contributed by atoms with Gasteiger partial charge in [0, 0.05) is 73.1 Å². The van der Waals surface area contributed by atoms with E-state index in [9.17, 15) is 0 Å². The SMILES string of the molecule is CCc1sc(-c2ccc(N(c3ccc(-c4ccc(N(c5ccc(-c6sc(CC)c(C)c6C)cc5)c5ccc(-c6sc(CC)c(C)c6C)cc5)cc4)cc3)c3ccc(-c4sc(CC)c(C)c4C)cc3)cc2)c(C)c1C. The minimum absolute atomic E-state index is 1.07. The van der Waals surface area contributed by atoms with Crippen LogP contribution in [-0.2, 0) is 25.7 Å². The van der Waals surface area contributed by atoms with E-state index in [1.54, 1.807) is 0 Å². The van der Waals surface area contributed by atoms with Crippen LogP contribution in [0.2, 0.25) is 0 Å². The van der Waals surface area contributed by atoms with E-state index in [1.807, 2.05) is 45.3 Å². The Morgan fingerprint density at radius 3 is 0.541 bits per heavy atom. The largest absolute Gasteiger partial charge is 0.311 e. The van der Waals surface area contributed by atoms with Gasteiger partial charge >= 0.3 is 0 Å². The van der Waals surface area contributed by atoms with Gasteiger partial charge in [0.25, 0.3) is 0 Å². The van der Waals surface area contributed by atoms with E-state index in [4.69, 9.17) is 0 Å². The lowest BCUT2D eigenvalue weighted by Gasteiger charge is -2.27. The minimum atomic E-state index is 1.07. The molecule has 0 aliphatic carbocycles. The summed E-state index contributed by atoms with van der Waals surface area (Å²) in [6, 6.07) is 55.0. The third-order valence-electron chi connectivity index (χ3n) is 15.6. The van der Waals surface area contributed by atoms with Gasteiger partial charge in [0.2, 0.25) is 0 Å². The van der Waals surface area contributed by atoms with Gasteiger partial charge in [0.1, 0.15) is 0 Å². The van der Waals surface area contributed by atoms with Crippen LogP contribution in [0.1, 0.15) is 91.7 Å². The number of benzene rings is 6. The molecule has 6 aromatic carbocycles. The zero-order chi connectivity index (χ0) is 51.9. The molecule has 0 aliphatic rings. The van der Waals surface area contributed by atoms with Crippen molar-refractivity contribution in [2.45, 2.75) is 109 Å². The standard InChI is InChI=1S/C68H68N2S4/c1-13-61-41(5)45(9)65(71-61)51-21-33-57(34-22-51)69(58-35-23-52(24-36-58)66-46(10)42(6)62(14-2)72-66)55-29-17-49(18-30-55)50-19-31-56(32-20-50)70(59-37-25-53(26-38-59)67-47(11)43(7)63(15-3)73-67)60-39-27-54(28-40-60)68-48(12)44(8)64(16-4)74-68/h17-40H,13-16H2,1-12H3. The van der Waals surface area contributed by atoms with Crippen LogP contribution in [0.5, 0.6) is 0 Å². The van der Waals surface area contributed by atoms with E-state index in [0.29, 0.717) is 0 Å². The lowest BCUT2D eigenvalue weighted by atomic mass is 10.0. The Labute approximate surface area is 457 Å². The molecule has 6 heteroatoms. The number of thiophene rings is 4. The first-order valence-electron chi connectivity index (χ1n) is 26.4. The van der Waals surface area contributed by atoms with E-state index in [-0.39, 0.29) is 0 Å². The number of nitrogens with zero attached hydrogens (tertiary/aromatic N) is 2. The summed E-state index contributed by atoms with van der Waals surface area (Å²) < 4.78 is 0. The van der Waals surface area contributed by atoms with E-state index in [0.717, 1.165) is 59.8 Å². The summed E-state index contributed by atoms with van der Waals surface area (Å²) in [4.78, 5) is 16.2. The summed E-state index contributed by atoms with van der Waals surface area (Å²) in [5.74, 6) is 0. The average Bonchev–Trinajstić information content (AvgIpc) is 4.11. The molecule has 0 atom stereocenters. The Hall–Kier alpha value is -6.28. The molecule has 2 nitrogen and oxygen atoms in total. The molecule has 0 fully saturated rings. The molecule has 0 aliphatic heterocycles. The van der Waals surface area contributed by atoms with Crippen LogP contribution < -0.4 is 9.80 Å². The van der Waals surface area contributed by atoms with E-state index in [2.05, 4.69) is 238 Å². The molecule has 10 aromatic rings. The summed E-state index contributed by atoms with van der Waals surface area (Å²) in [7, 11) is 0. The first-order chi connectivity index (χ1) is 35.8. The maximum absolute atomic E-state index is 2.40. The molecule has 4 heterocycles. The second kappa shape index (κ2) is 21.5. The number of hydrogen-bond acceptors (Lipinski definition) is 6. The second-order valence-electron chi connectivity index (χ2n) is 19.8. The van der Waals surface area contributed by atoms with Crippen molar-refractivity contribution in [1.82, 2.24) is 0 Å². The highest BCUT2D eigenvalue weighted by atomic mass is 32.1. The first-order valence-corrected chi connectivity index (χ1v) is 29.7. The lowest BCUT2D eigenvalue weighted by molar-refractivity contribution is 1.15. The fourth-order valence-electron chi connectivity index (χ4n) is 10.6. The topological polar surface area (TPSA) is 6.48 Å². The van der Waals surface area contributed by atoms with E-state index in [1.165, 1.54) is 117 Å². The second-order valence-corrected chi connectivity index (χ2v) is 24.2. The van der Waals surface area contributed by atoms with Crippen LogP contribution >= 0.6 is 45.3 Å². The van der Waals surface area contributed by atoms with Gasteiger partial charge in [-0.15, -0.1) is 45.3 Å². The van der Waals surface area contributed by atoms with Crippen LogP contribution in [0.4, 0.5) is 34.1 Å². The Morgan fingerprint density at radius 1 is 0.230 bits per heavy atom. The fourth-order valence-corrected chi connectivity index (χ4v) is 15.6. The molecule has 4 aromatic heterocycles. The van der Waals surface area contributed by atoms with Gasteiger partial charge in [0.05, 0.1) is 0 Å². The predicted molar refractivity (Wildman–Crippen MR) is 330 cm³/mol. The average molecular weight is 1040 g/mol. The van der Waals surface area contributed by atoms with Gasteiger partial charge in [-0.2, -0.15) is 0 Å². The van der Waals surface area contributed by atoms with Crippen molar-refractivity contribution in [3.05, 3.63) is 210 Å². The molecule has 374 valence electrons. The molecule has 0 bridgehead atoms. The summed E-state index contributed by atoms with van der Waals surface area (Å²) >= 11 is 7.76. The van der Waals surface area contributed by atoms with Crippen LogP contribution in [-0.4, -0.2) is 0 Å². The molecule has 0 radical (unpaired) electrons. The van der Waals surface area contributed by atoms with Crippen molar-refractivity contribution in [3.63, 3.8) is 0 Å². The van der Waals surface area contributed by atoms with Crippen molar-refractivity contribution in [2.75, 3.05) is 9.80 Å². The molecule has 0 N–H and O–H groups in total. The zero-order valence-corrected chi connectivity index (χ0v) is 48.5. The summed E-state index contributed by atoms with van der Waals surface area (Å²) in [6.45, 7) is 27.2. The highest BCUT2D eigenvalue weighted by Gasteiger charge is 2.21. The highest BCUT2D eigenvalue weighted by Crippen LogP contribution is 2.45. The van der Waals surface area contributed by atoms with Crippen LogP contribution in [0.3, 0.4) is 0 Å². The Kier molecular flexibility index (Phi) is 14.9. The molecular weight excluding hydrogens is 973 g/mol. The third-order valence-corrected chi connectivity index (χ3v) is 22.0. The van der Waals surface area contributed by atoms with Gasteiger partial charge in [0.15, 0.2) is 0 Å². The van der Waals surface area contributed by atoms with Crippen LogP contribution in [0.15, 0.2) is 146 Å². The molecular formula is C68H68N2S4. The van der Waals surface area contributed by atoms with Crippen molar-refractivity contribution < 1.29 is 0 Å². The molecule has 0 saturated heterocycles. The predicted octanol–water partition coefficient (Wildman–Crippen LogP) is 21.9. The maximum atomic E-state index is 2.40. The maximum Gasteiger partial charge on any atom is 0.0462 e.